The molecule has 0 spiro atoms. The van der Waals surface area contributed by atoms with Crippen molar-refractivity contribution >= 4 is 11.4 Å². The van der Waals surface area contributed by atoms with Gasteiger partial charge in [0.15, 0.2) is 0 Å². The summed E-state index contributed by atoms with van der Waals surface area (Å²) in [6.45, 7) is -0.0587. The van der Waals surface area contributed by atoms with Crippen LogP contribution in [0.5, 0.6) is 0 Å². The van der Waals surface area contributed by atoms with Crippen molar-refractivity contribution in [1.82, 2.24) is 0 Å². The molecule has 10 heavy (non-hydrogen) atoms. The van der Waals surface area contributed by atoms with Crippen LogP contribution in [-0.2, 0) is 6.61 Å². The second-order valence-corrected chi connectivity index (χ2v) is 2.08. The van der Waals surface area contributed by atoms with Gasteiger partial charge in [0.05, 0.1) is 18.0 Å². The Hall–Kier alpha value is -1.22. The first-order valence-corrected chi connectivity index (χ1v) is 2.99. The van der Waals surface area contributed by atoms with E-state index in [1.807, 2.05) is 0 Å². The van der Waals surface area contributed by atoms with E-state index in [1.165, 1.54) is 0 Å². The van der Waals surface area contributed by atoms with Crippen LogP contribution in [-0.4, -0.2) is 5.11 Å². The second-order valence-electron chi connectivity index (χ2n) is 2.08. The molecule has 0 aliphatic carbocycles. The summed E-state index contributed by atoms with van der Waals surface area (Å²) < 4.78 is 0. The summed E-state index contributed by atoms with van der Waals surface area (Å²) in [5, 5.41) is 8.71. The minimum absolute atomic E-state index is 0.0587. The van der Waals surface area contributed by atoms with Crippen LogP contribution in [0.1, 0.15) is 5.56 Å². The summed E-state index contributed by atoms with van der Waals surface area (Å²) in [7, 11) is 0. The average molecular weight is 138 g/mol. The van der Waals surface area contributed by atoms with E-state index in [4.69, 9.17) is 16.6 Å². The lowest BCUT2D eigenvalue weighted by atomic mass is 10.1. The van der Waals surface area contributed by atoms with E-state index < -0.39 is 0 Å². The van der Waals surface area contributed by atoms with E-state index in [9.17, 15) is 0 Å². The quantitative estimate of drug-likeness (QED) is 0.490. The van der Waals surface area contributed by atoms with Gasteiger partial charge in [0.25, 0.3) is 0 Å². The van der Waals surface area contributed by atoms with Crippen LogP contribution in [0, 0.1) is 0 Å². The summed E-state index contributed by atoms with van der Waals surface area (Å²) in [6.07, 6.45) is 0. The normalized spacial score (nSPS) is 9.70. The molecule has 0 aromatic heterocycles. The highest BCUT2D eigenvalue weighted by Crippen LogP contribution is 2.18. The molecule has 0 fully saturated rings. The fourth-order valence-electron chi connectivity index (χ4n) is 0.771. The van der Waals surface area contributed by atoms with Crippen molar-refractivity contribution in [2.75, 3.05) is 11.5 Å². The zero-order valence-corrected chi connectivity index (χ0v) is 5.54. The first kappa shape index (κ1) is 6.89. The van der Waals surface area contributed by atoms with Gasteiger partial charge in [0.1, 0.15) is 0 Å². The maximum absolute atomic E-state index is 8.71. The van der Waals surface area contributed by atoms with Crippen molar-refractivity contribution in [1.29, 1.82) is 0 Å². The van der Waals surface area contributed by atoms with Gasteiger partial charge in [-0.05, 0) is 6.07 Å². The van der Waals surface area contributed by atoms with E-state index in [0.717, 1.165) is 0 Å². The number of aliphatic hydroxyl groups is 1. The average Bonchev–Trinajstić information content (AvgIpc) is 1.95. The van der Waals surface area contributed by atoms with Crippen molar-refractivity contribution in [3.63, 3.8) is 0 Å². The second kappa shape index (κ2) is 2.58. The number of hydrogen-bond donors (Lipinski definition) is 3. The Morgan fingerprint density at radius 1 is 1.30 bits per heavy atom. The van der Waals surface area contributed by atoms with Gasteiger partial charge >= 0.3 is 0 Å². The SMILES string of the molecule is Nc1cccc(CO)c1N. The number of aliphatic hydroxyl groups excluding tert-OH is 1. The predicted molar refractivity (Wildman–Crippen MR) is 41.2 cm³/mol. The lowest BCUT2D eigenvalue weighted by Crippen LogP contribution is -1.98. The van der Waals surface area contributed by atoms with Crippen molar-refractivity contribution < 1.29 is 5.11 Å². The number of anilines is 2. The van der Waals surface area contributed by atoms with Crippen molar-refractivity contribution in [3.05, 3.63) is 23.8 Å². The molecule has 5 N–H and O–H groups in total. The van der Waals surface area contributed by atoms with Gasteiger partial charge in [-0.2, -0.15) is 0 Å². The molecule has 3 nitrogen and oxygen atoms in total. The van der Waals surface area contributed by atoms with E-state index in [-0.39, 0.29) is 6.61 Å². The molecule has 0 saturated carbocycles. The minimum Gasteiger partial charge on any atom is -0.397 e. The fourth-order valence-corrected chi connectivity index (χ4v) is 0.771. The van der Waals surface area contributed by atoms with Crippen LogP contribution in [0.4, 0.5) is 11.4 Å². The largest absolute Gasteiger partial charge is 0.397 e. The number of para-hydroxylation sites is 1. The molecule has 0 saturated heterocycles. The molecule has 0 unspecified atom stereocenters. The first-order valence-electron chi connectivity index (χ1n) is 2.99. The number of rotatable bonds is 1. The third kappa shape index (κ3) is 1.04. The summed E-state index contributed by atoms with van der Waals surface area (Å²) >= 11 is 0. The molecular formula is C7H10N2O. The zero-order valence-electron chi connectivity index (χ0n) is 5.54. The Kier molecular flexibility index (Phi) is 1.78. The predicted octanol–water partition coefficient (Wildman–Crippen LogP) is 0.343. The highest BCUT2D eigenvalue weighted by Gasteiger charge is 1.98. The Labute approximate surface area is 59.3 Å². The molecule has 1 rings (SSSR count). The molecule has 0 amide bonds. The van der Waals surface area contributed by atoms with Gasteiger partial charge in [-0.3, -0.25) is 0 Å². The van der Waals surface area contributed by atoms with E-state index in [2.05, 4.69) is 0 Å². The molecule has 0 heterocycles. The lowest BCUT2D eigenvalue weighted by Gasteiger charge is -2.03. The molecule has 1 aromatic rings. The number of hydrogen-bond acceptors (Lipinski definition) is 3. The zero-order chi connectivity index (χ0) is 7.56. The molecular weight excluding hydrogens is 128 g/mol. The fraction of sp³-hybridized carbons (Fsp3) is 0.143. The highest BCUT2D eigenvalue weighted by molar-refractivity contribution is 5.66. The van der Waals surface area contributed by atoms with Gasteiger partial charge in [0.2, 0.25) is 0 Å². The van der Waals surface area contributed by atoms with Crippen molar-refractivity contribution in [2.45, 2.75) is 6.61 Å². The van der Waals surface area contributed by atoms with Crippen LogP contribution in [0.3, 0.4) is 0 Å². The Morgan fingerprint density at radius 2 is 2.00 bits per heavy atom. The maximum atomic E-state index is 8.71. The lowest BCUT2D eigenvalue weighted by molar-refractivity contribution is 0.282. The van der Waals surface area contributed by atoms with Crippen LogP contribution >= 0.6 is 0 Å². The van der Waals surface area contributed by atoms with Crippen molar-refractivity contribution in [3.8, 4) is 0 Å². The van der Waals surface area contributed by atoms with Crippen molar-refractivity contribution in [2.24, 2.45) is 0 Å². The van der Waals surface area contributed by atoms with E-state index in [1.54, 1.807) is 18.2 Å². The van der Waals surface area contributed by atoms with E-state index >= 15 is 0 Å². The van der Waals surface area contributed by atoms with E-state index in [0.29, 0.717) is 16.9 Å². The third-order valence-corrected chi connectivity index (χ3v) is 1.40. The molecule has 0 bridgehead atoms. The van der Waals surface area contributed by atoms with Gasteiger partial charge in [-0.25, -0.2) is 0 Å². The van der Waals surface area contributed by atoms with Gasteiger partial charge < -0.3 is 16.6 Å². The van der Waals surface area contributed by atoms with Gasteiger partial charge in [0, 0.05) is 5.56 Å². The number of benzene rings is 1. The monoisotopic (exact) mass is 138 g/mol. The van der Waals surface area contributed by atoms with Crippen LogP contribution in [0.25, 0.3) is 0 Å². The highest BCUT2D eigenvalue weighted by atomic mass is 16.3. The number of nitrogens with two attached hydrogens (primary N) is 2. The molecule has 0 radical (unpaired) electrons. The van der Waals surface area contributed by atoms with Crippen LogP contribution in [0.15, 0.2) is 18.2 Å². The minimum atomic E-state index is -0.0587. The van der Waals surface area contributed by atoms with Crippen LogP contribution < -0.4 is 11.5 Å². The molecule has 0 aliphatic heterocycles. The third-order valence-electron chi connectivity index (χ3n) is 1.40. The Bertz CT molecular complexity index is 235. The maximum Gasteiger partial charge on any atom is 0.0702 e. The van der Waals surface area contributed by atoms with Crippen LogP contribution in [0.2, 0.25) is 0 Å². The molecule has 0 atom stereocenters. The Morgan fingerprint density at radius 3 is 2.50 bits per heavy atom. The molecule has 0 aliphatic rings. The molecule has 1 aromatic carbocycles. The molecule has 3 heteroatoms. The van der Waals surface area contributed by atoms with Gasteiger partial charge in [-0.1, -0.05) is 12.1 Å². The standard InChI is InChI=1S/C7H10N2O/c8-6-3-1-2-5(4-10)7(6)9/h1-3,10H,4,8-9H2. The molecule has 54 valence electrons. The summed E-state index contributed by atoms with van der Waals surface area (Å²) in [5.41, 5.74) is 12.6. The Balaban J connectivity index is 3.14. The first-order chi connectivity index (χ1) is 4.75. The summed E-state index contributed by atoms with van der Waals surface area (Å²) in [6, 6.07) is 5.21. The van der Waals surface area contributed by atoms with Gasteiger partial charge in [-0.15, -0.1) is 0 Å². The summed E-state index contributed by atoms with van der Waals surface area (Å²) in [4.78, 5) is 0. The summed E-state index contributed by atoms with van der Waals surface area (Å²) in [5.74, 6) is 0. The number of nitrogen functional groups attached to an aromatic ring is 2. The smallest absolute Gasteiger partial charge is 0.0702 e. The topological polar surface area (TPSA) is 72.3 Å².